The second-order valence-corrected chi connectivity index (χ2v) is 6.34. The van der Waals surface area contributed by atoms with Crippen LogP contribution < -0.4 is 5.32 Å². The summed E-state index contributed by atoms with van der Waals surface area (Å²) >= 11 is 0. The fourth-order valence-corrected chi connectivity index (χ4v) is 2.98. The molecule has 1 aliphatic rings. The van der Waals surface area contributed by atoms with Crippen molar-refractivity contribution in [1.82, 2.24) is 4.98 Å². The van der Waals surface area contributed by atoms with Gasteiger partial charge < -0.3 is 14.8 Å². The molecule has 1 aromatic heterocycles. The number of aliphatic hydroxyl groups excluding tert-OH is 1. The molecule has 1 aliphatic carbocycles. The SMILES string of the molecule is CC1(C)C/C(=C\Nc2nc3ccccc3o2)CC(O)C1. The Morgan fingerprint density at radius 3 is 2.95 bits per heavy atom. The van der Waals surface area contributed by atoms with Crippen molar-refractivity contribution in [3.05, 3.63) is 36.0 Å². The molecule has 1 fully saturated rings. The van der Waals surface area contributed by atoms with E-state index in [0.29, 0.717) is 6.01 Å². The maximum Gasteiger partial charge on any atom is 0.299 e. The Balaban J connectivity index is 1.76. The van der Waals surface area contributed by atoms with Gasteiger partial charge >= 0.3 is 0 Å². The first-order chi connectivity index (χ1) is 9.52. The second kappa shape index (κ2) is 4.94. The molecule has 0 bridgehead atoms. The number of benzene rings is 1. The van der Waals surface area contributed by atoms with Crippen molar-refractivity contribution in [3.8, 4) is 0 Å². The smallest absolute Gasteiger partial charge is 0.299 e. The molecule has 2 aromatic rings. The Labute approximate surface area is 118 Å². The van der Waals surface area contributed by atoms with Gasteiger partial charge in [-0.1, -0.05) is 31.6 Å². The van der Waals surface area contributed by atoms with Gasteiger partial charge in [-0.3, -0.25) is 0 Å². The Kier molecular flexibility index (Phi) is 3.26. The lowest BCUT2D eigenvalue weighted by Gasteiger charge is -2.34. The summed E-state index contributed by atoms with van der Waals surface area (Å²) in [7, 11) is 0. The van der Waals surface area contributed by atoms with E-state index in [-0.39, 0.29) is 11.5 Å². The highest BCUT2D eigenvalue weighted by Crippen LogP contribution is 2.38. The predicted octanol–water partition coefficient (Wildman–Crippen LogP) is 3.69. The number of nitrogens with one attached hydrogen (secondary N) is 1. The van der Waals surface area contributed by atoms with Crippen molar-refractivity contribution >= 4 is 17.1 Å². The van der Waals surface area contributed by atoms with Crippen LogP contribution in [0.25, 0.3) is 11.1 Å². The minimum absolute atomic E-state index is 0.145. The molecule has 1 saturated carbocycles. The predicted molar refractivity (Wildman–Crippen MR) is 79.4 cm³/mol. The van der Waals surface area contributed by atoms with Crippen LogP contribution in [-0.4, -0.2) is 16.2 Å². The summed E-state index contributed by atoms with van der Waals surface area (Å²) in [6, 6.07) is 8.18. The minimum atomic E-state index is -0.254. The molecule has 1 atom stereocenters. The van der Waals surface area contributed by atoms with Crippen LogP contribution >= 0.6 is 0 Å². The first kappa shape index (κ1) is 13.2. The fourth-order valence-electron chi connectivity index (χ4n) is 2.98. The van der Waals surface area contributed by atoms with Gasteiger partial charge in [-0.05, 0) is 36.8 Å². The van der Waals surface area contributed by atoms with Crippen molar-refractivity contribution in [1.29, 1.82) is 0 Å². The molecule has 106 valence electrons. The summed E-state index contributed by atoms with van der Waals surface area (Å²) < 4.78 is 5.61. The molecule has 0 saturated heterocycles. The average Bonchev–Trinajstić information content (AvgIpc) is 2.76. The fraction of sp³-hybridized carbons (Fsp3) is 0.438. The first-order valence-electron chi connectivity index (χ1n) is 7.00. The van der Waals surface area contributed by atoms with Gasteiger partial charge in [0.2, 0.25) is 0 Å². The lowest BCUT2D eigenvalue weighted by atomic mass is 9.74. The van der Waals surface area contributed by atoms with E-state index >= 15 is 0 Å². The lowest BCUT2D eigenvalue weighted by molar-refractivity contribution is 0.0905. The van der Waals surface area contributed by atoms with Crippen LogP contribution in [-0.2, 0) is 0 Å². The summed E-state index contributed by atoms with van der Waals surface area (Å²) in [5.74, 6) is 0. The Morgan fingerprint density at radius 2 is 2.20 bits per heavy atom. The first-order valence-corrected chi connectivity index (χ1v) is 7.00. The molecule has 0 amide bonds. The van der Waals surface area contributed by atoms with E-state index in [1.807, 2.05) is 30.5 Å². The highest BCUT2D eigenvalue weighted by molar-refractivity contribution is 5.74. The number of nitrogens with zero attached hydrogens (tertiary/aromatic N) is 1. The van der Waals surface area contributed by atoms with E-state index in [2.05, 4.69) is 24.1 Å². The summed E-state index contributed by atoms with van der Waals surface area (Å²) in [6.45, 7) is 4.37. The van der Waals surface area contributed by atoms with Gasteiger partial charge in [0.05, 0.1) is 6.10 Å². The third-order valence-corrected chi connectivity index (χ3v) is 3.69. The van der Waals surface area contributed by atoms with Gasteiger partial charge in [0.25, 0.3) is 6.01 Å². The van der Waals surface area contributed by atoms with Crippen molar-refractivity contribution in [2.75, 3.05) is 5.32 Å². The Morgan fingerprint density at radius 1 is 1.40 bits per heavy atom. The van der Waals surface area contributed by atoms with Gasteiger partial charge in [-0.25, -0.2) is 0 Å². The minimum Gasteiger partial charge on any atom is -0.423 e. The number of aliphatic hydroxyl groups is 1. The maximum absolute atomic E-state index is 9.92. The molecule has 4 nitrogen and oxygen atoms in total. The summed E-state index contributed by atoms with van der Waals surface area (Å²) in [5, 5.41) is 13.0. The molecule has 0 radical (unpaired) electrons. The molecule has 3 rings (SSSR count). The largest absolute Gasteiger partial charge is 0.423 e. The zero-order valence-corrected chi connectivity index (χ0v) is 11.9. The third kappa shape index (κ3) is 2.85. The number of rotatable bonds is 2. The molecule has 4 heteroatoms. The van der Waals surface area contributed by atoms with Crippen LogP contribution in [0.1, 0.15) is 33.1 Å². The van der Waals surface area contributed by atoms with Crippen LogP contribution in [0.2, 0.25) is 0 Å². The Hall–Kier alpha value is -1.81. The van der Waals surface area contributed by atoms with Crippen LogP contribution in [0.15, 0.2) is 40.5 Å². The highest BCUT2D eigenvalue weighted by atomic mass is 16.4. The van der Waals surface area contributed by atoms with E-state index in [1.165, 1.54) is 5.57 Å². The van der Waals surface area contributed by atoms with Gasteiger partial charge in [-0.2, -0.15) is 4.98 Å². The van der Waals surface area contributed by atoms with Gasteiger partial charge in [0.1, 0.15) is 5.52 Å². The monoisotopic (exact) mass is 272 g/mol. The van der Waals surface area contributed by atoms with Crippen molar-refractivity contribution in [2.45, 2.75) is 39.2 Å². The molecule has 0 spiro atoms. The number of fused-ring (bicyclic) bond motifs is 1. The second-order valence-electron chi connectivity index (χ2n) is 6.34. The van der Waals surface area contributed by atoms with Crippen LogP contribution in [0.5, 0.6) is 0 Å². The number of oxazole rings is 1. The molecule has 1 aromatic carbocycles. The van der Waals surface area contributed by atoms with E-state index in [9.17, 15) is 5.11 Å². The topological polar surface area (TPSA) is 58.3 Å². The standard InChI is InChI=1S/C16H20N2O2/c1-16(2)8-11(7-12(19)9-16)10-17-15-18-13-5-3-4-6-14(13)20-15/h3-6,10,12,19H,7-9H2,1-2H3,(H,17,18)/b11-10-. The van der Waals surface area contributed by atoms with Gasteiger partial charge in [-0.15, -0.1) is 0 Å². The number of hydrogen-bond acceptors (Lipinski definition) is 4. The third-order valence-electron chi connectivity index (χ3n) is 3.69. The summed E-state index contributed by atoms with van der Waals surface area (Å²) in [6.07, 6.45) is 4.23. The molecule has 1 unspecified atom stereocenters. The van der Waals surface area contributed by atoms with E-state index in [0.717, 1.165) is 30.4 Å². The van der Waals surface area contributed by atoms with Crippen LogP contribution in [0, 0.1) is 5.41 Å². The molecular weight excluding hydrogens is 252 g/mol. The summed E-state index contributed by atoms with van der Waals surface area (Å²) in [4.78, 5) is 4.37. The summed E-state index contributed by atoms with van der Waals surface area (Å²) in [5.41, 5.74) is 2.97. The van der Waals surface area contributed by atoms with Crippen LogP contribution in [0.4, 0.5) is 6.01 Å². The zero-order valence-electron chi connectivity index (χ0n) is 11.9. The average molecular weight is 272 g/mol. The Bertz CT molecular complexity index is 610. The van der Waals surface area contributed by atoms with Crippen molar-refractivity contribution in [2.24, 2.45) is 5.41 Å². The highest BCUT2D eigenvalue weighted by Gasteiger charge is 2.29. The molecular formula is C16H20N2O2. The zero-order chi connectivity index (χ0) is 14.2. The van der Waals surface area contributed by atoms with Crippen LogP contribution in [0.3, 0.4) is 0 Å². The van der Waals surface area contributed by atoms with Gasteiger partial charge in [0.15, 0.2) is 5.58 Å². The molecule has 20 heavy (non-hydrogen) atoms. The molecule has 1 heterocycles. The number of hydrogen-bond donors (Lipinski definition) is 2. The molecule has 2 N–H and O–H groups in total. The lowest BCUT2D eigenvalue weighted by Crippen LogP contribution is -2.27. The maximum atomic E-state index is 9.92. The van der Waals surface area contributed by atoms with Gasteiger partial charge in [0, 0.05) is 6.20 Å². The normalized spacial score (nSPS) is 24.1. The number of aromatic nitrogens is 1. The quantitative estimate of drug-likeness (QED) is 0.875. The van der Waals surface area contributed by atoms with Crippen molar-refractivity contribution < 1.29 is 9.52 Å². The van der Waals surface area contributed by atoms with E-state index in [1.54, 1.807) is 0 Å². The number of anilines is 1. The van der Waals surface area contributed by atoms with E-state index in [4.69, 9.17) is 4.42 Å². The molecule has 0 aliphatic heterocycles. The number of para-hydroxylation sites is 2. The van der Waals surface area contributed by atoms with E-state index < -0.39 is 0 Å². The van der Waals surface area contributed by atoms with Crippen molar-refractivity contribution in [3.63, 3.8) is 0 Å².